The highest BCUT2D eigenvalue weighted by Gasteiger charge is 2.47. The Hall–Kier alpha value is -3.36. The fourth-order valence-corrected chi connectivity index (χ4v) is 7.53. The molecule has 3 aromatic heterocycles. The molecule has 0 bridgehead atoms. The second-order valence-electron chi connectivity index (χ2n) is 10.1. The maximum absolute atomic E-state index is 13.4. The van der Waals surface area contributed by atoms with E-state index in [0.29, 0.717) is 71.7 Å². The van der Waals surface area contributed by atoms with Gasteiger partial charge < -0.3 is 9.64 Å². The molecule has 3 aliphatic rings. The number of fused-ring (bicyclic) bond motifs is 4. The second kappa shape index (κ2) is 9.35. The van der Waals surface area contributed by atoms with Crippen LogP contribution in [0.5, 0.6) is 0 Å². The topological polar surface area (TPSA) is 142 Å². The summed E-state index contributed by atoms with van der Waals surface area (Å²) >= 11 is 0.707. The molecule has 4 aromatic rings. The van der Waals surface area contributed by atoms with Gasteiger partial charge in [0, 0.05) is 31.6 Å². The summed E-state index contributed by atoms with van der Waals surface area (Å²) in [5.74, 6) is 0.660. The molecule has 12 nitrogen and oxygen atoms in total. The molecule has 0 unspecified atom stereocenters. The second-order valence-corrected chi connectivity index (χ2v) is 12.8. The average Bonchev–Trinajstić information content (AvgIpc) is 3.40. The number of piperazine rings is 1. The normalized spacial score (nSPS) is 21.1. The molecule has 16 heteroatoms. The van der Waals surface area contributed by atoms with Gasteiger partial charge in [0.15, 0.2) is 10.7 Å². The summed E-state index contributed by atoms with van der Waals surface area (Å²) in [7, 11) is -4.05. The van der Waals surface area contributed by atoms with Gasteiger partial charge in [0.1, 0.15) is 17.7 Å². The van der Waals surface area contributed by atoms with E-state index in [-0.39, 0.29) is 16.1 Å². The first-order valence-electron chi connectivity index (χ1n) is 12.7. The number of hydrogen-bond donors (Lipinski definition) is 1. The summed E-state index contributed by atoms with van der Waals surface area (Å²) < 4.78 is 63.1. The molecule has 1 atom stereocenters. The lowest BCUT2D eigenvalue weighted by Crippen LogP contribution is -2.58. The Bertz CT molecular complexity index is 1780. The van der Waals surface area contributed by atoms with Crippen LogP contribution in [0.3, 0.4) is 0 Å². The first-order valence-corrected chi connectivity index (χ1v) is 15.0. The molecule has 0 amide bonds. The molecule has 5 heterocycles. The lowest BCUT2D eigenvalue weighted by Gasteiger charge is -2.44. The van der Waals surface area contributed by atoms with Gasteiger partial charge in [-0.15, -0.1) is 10.2 Å². The molecule has 1 saturated carbocycles. The largest absolute Gasteiger partial charge is 0.378 e. The minimum atomic E-state index is -4.05. The predicted molar refractivity (Wildman–Crippen MR) is 141 cm³/mol. The maximum Gasteiger partial charge on any atom is 0.291 e. The van der Waals surface area contributed by atoms with Gasteiger partial charge in [-0.05, 0) is 25.0 Å². The van der Waals surface area contributed by atoms with Crippen LogP contribution >= 0.6 is 11.3 Å². The third kappa shape index (κ3) is 4.20. The number of nitrogens with zero attached hydrogens (tertiary/aromatic N) is 8. The van der Waals surface area contributed by atoms with Crippen LogP contribution in [0.4, 0.5) is 14.6 Å². The van der Waals surface area contributed by atoms with Crippen LogP contribution < -0.4 is 9.62 Å². The van der Waals surface area contributed by atoms with Crippen molar-refractivity contribution in [2.45, 2.75) is 35.7 Å². The fourth-order valence-electron chi connectivity index (χ4n) is 5.42. The van der Waals surface area contributed by atoms with Crippen LogP contribution in [0.25, 0.3) is 27.1 Å². The number of benzene rings is 1. The number of sulfonamides is 1. The van der Waals surface area contributed by atoms with Gasteiger partial charge in [0.05, 0.1) is 41.1 Å². The number of halogens is 2. The number of ether oxygens (including phenoxy) is 1. The lowest BCUT2D eigenvalue weighted by molar-refractivity contribution is -0.0117. The highest BCUT2D eigenvalue weighted by molar-refractivity contribution is 7.89. The molecule has 3 fully saturated rings. The van der Waals surface area contributed by atoms with Crippen molar-refractivity contribution < 1.29 is 21.9 Å². The molecule has 208 valence electrons. The summed E-state index contributed by atoms with van der Waals surface area (Å²) in [6.07, 6.45) is -0.524. The predicted octanol–water partition coefficient (Wildman–Crippen LogP) is 2.22. The summed E-state index contributed by atoms with van der Waals surface area (Å²) in [5, 5.41) is 18.0. The number of nitriles is 1. The van der Waals surface area contributed by atoms with E-state index in [1.165, 1.54) is 18.5 Å². The minimum Gasteiger partial charge on any atom is -0.378 e. The van der Waals surface area contributed by atoms with E-state index in [9.17, 15) is 22.5 Å². The zero-order valence-corrected chi connectivity index (χ0v) is 22.6. The SMILES string of the molecule is N#CC1(NS(=O)(=O)c2ccc3c4c(N5CCN6CCOC[C@H]6C5)ncnc4n(-c4nnc(C(F)F)s4)c3c2)CC1. The Balaban J connectivity index is 1.40. The maximum atomic E-state index is 13.4. The number of alkyl halides is 2. The van der Waals surface area contributed by atoms with E-state index in [1.54, 1.807) is 10.6 Å². The highest BCUT2D eigenvalue weighted by Crippen LogP contribution is 2.40. The zero-order valence-electron chi connectivity index (χ0n) is 21.0. The van der Waals surface area contributed by atoms with Crippen LogP contribution in [-0.4, -0.2) is 89.0 Å². The standard InChI is InChI=1S/C24H23F2N9O3S2/c25-19(26)22-30-31-23(39-22)35-17-9-15(40(36,37)32-24(12-27)3-4-24)1-2-16(17)18-20(28-13-29-21(18)35)34-6-5-33-7-8-38-11-14(33)10-34/h1-2,9,13-14,19,32H,3-8,10-11H2/t14-/m1/s1. The van der Waals surface area contributed by atoms with Crippen molar-refractivity contribution in [3.63, 3.8) is 0 Å². The molecular weight excluding hydrogens is 564 g/mol. The number of anilines is 1. The third-order valence-corrected chi connectivity index (χ3v) is 10.1. The Morgan fingerprint density at radius 1 is 1.20 bits per heavy atom. The molecule has 2 aliphatic heterocycles. The van der Waals surface area contributed by atoms with Gasteiger partial charge in [-0.1, -0.05) is 17.4 Å². The highest BCUT2D eigenvalue weighted by atomic mass is 32.2. The monoisotopic (exact) mass is 587 g/mol. The number of rotatable bonds is 6. The van der Waals surface area contributed by atoms with Gasteiger partial charge in [-0.2, -0.15) is 9.98 Å². The lowest BCUT2D eigenvalue weighted by atomic mass is 10.1. The van der Waals surface area contributed by atoms with E-state index in [0.717, 1.165) is 19.6 Å². The molecule has 0 spiro atoms. The van der Waals surface area contributed by atoms with Crippen molar-refractivity contribution in [2.24, 2.45) is 0 Å². The van der Waals surface area contributed by atoms with Gasteiger partial charge in [0.25, 0.3) is 6.43 Å². The van der Waals surface area contributed by atoms with Crippen molar-refractivity contribution in [3.8, 4) is 11.2 Å². The van der Waals surface area contributed by atoms with E-state index >= 15 is 0 Å². The average molecular weight is 588 g/mol. The van der Waals surface area contributed by atoms with Crippen molar-refractivity contribution in [2.75, 3.05) is 44.3 Å². The Labute approximate surface area is 231 Å². The molecule has 2 saturated heterocycles. The minimum absolute atomic E-state index is 0.0633. The van der Waals surface area contributed by atoms with E-state index in [4.69, 9.17) is 4.74 Å². The van der Waals surface area contributed by atoms with E-state index in [1.807, 2.05) is 6.07 Å². The fraction of sp³-hybridized carbons (Fsp3) is 0.458. The van der Waals surface area contributed by atoms with Crippen LogP contribution in [0.1, 0.15) is 24.3 Å². The van der Waals surface area contributed by atoms with Crippen LogP contribution in [0, 0.1) is 11.3 Å². The van der Waals surface area contributed by atoms with Gasteiger partial charge in [0.2, 0.25) is 15.2 Å². The summed E-state index contributed by atoms with van der Waals surface area (Å²) in [4.78, 5) is 13.6. The first-order chi connectivity index (χ1) is 19.3. The Kier molecular flexibility index (Phi) is 5.98. The Morgan fingerprint density at radius 2 is 2.05 bits per heavy atom. The van der Waals surface area contributed by atoms with Crippen molar-refractivity contribution in [1.82, 2.24) is 34.4 Å². The number of hydrogen-bond acceptors (Lipinski definition) is 11. The van der Waals surface area contributed by atoms with Crippen molar-refractivity contribution in [3.05, 3.63) is 29.5 Å². The van der Waals surface area contributed by atoms with Gasteiger partial charge >= 0.3 is 0 Å². The molecule has 1 aromatic carbocycles. The van der Waals surface area contributed by atoms with Gasteiger partial charge in [-0.25, -0.2) is 27.2 Å². The molecule has 1 N–H and O–H groups in total. The third-order valence-electron chi connectivity index (χ3n) is 7.65. The number of morpholine rings is 1. The molecule has 1 aliphatic carbocycles. The van der Waals surface area contributed by atoms with Crippen LogP contribution in [0.2, 0.25) is 0 Å². The zero-order chi connectivity index (χ0) is 27.6. The number of nitrogens with one attached hydrogen (secondary N) is 1. The Morgan fingerprint density at radius 3 is 2.80 bits per heavy atom. The van der Waals surface area contributed by atoms with E-state index < -0.39 is 27.0 Å². The van der Waals surface area contributed by atoms with Gasteiger partial charge in [-0.3, -0.25) is 9.47 Å². The quantitative estimate of drug-likeness (QED) is 0.357. The molecular formula is C24H23F2N9O3S2. The van der Waals surface area contributed by atoms with E-state index in [2.05, 4.69) is 34.7 Å². The van der Waals surface area contributed by atoms with Crippen molar-refractivity contribution in [1.29, 1.82) is 5.26 Å². The molecule has 0 radical (unpaired) electrons. The summed E-state index contributed by atoms with van der Waals surface area (Å²) in [6.45, 7) is 4.43. The number of aromatic nitrogens is 5. The first kappa shape index (κ1) is 25.6. The summed E-state index contributed by atoms with van der Waals surface area (Å²) in [6, 6.07) is 6.82. The smallest absolute Gasteiger partial charge is 0.291 e. The molecule has 7 rings (SSSR count). The summed E-state index contributed by atoms with van der Waals surface area (Å²) in [5.41, 5.74) is -0.300. The molecule has 40 heavy (non-hydrogen) atoms. The van der Waals surface area contributed by atoms with Crippen LogP contribution in [0.15, 0.2) is 29.4 Å². The van der Waals surface area contributed by atoms with Crippen LogP contribution in [-0.2, 0) is 14.8 Å². The van der Waals surface area contributed by atoms with Crippen molar-refractivity contribution >= 4 is 49.1 Å².